The highest BCUT2D eigenvalue weighted by molar-refractivity contribution is 6.30. The molecule has 1 atom stereocenters. The Labute approximate surface area is 77.8 Å². The fourth-order valence-electron chi connectivity index (χ4n) is 0.837. The fourth-order valence-corrected chi connectivity index (χ4v) is 0.963. The summed E-state index contributed by atoms with van der Waals surface area (Å²) in [6.07, 6.45) is 3.93. The first-order chi connectivity index (χ1) is 5.68. The van der Waals surface area contributed by atoms with E-state index < -0.39 is 0 Å². The van der Waals surface area contributed by atoms with Gasteiger partial charge in [-0.25, -0.2) is 0 Å². The normalized spacial score (nSPS) is 13.6. The minimum absolute atomic E-state index is 0.0979. The van der Waals surface area contributed by atoms with Crippen molar-refractivity contribution in [1.82, 2.24) is 0 Å². The van der Waals surface area contributed by atoms with Crippen LogP contribution in [-0.2, 0) is 0 Å². The van der Waals surface area contributed by atoms with Crippen molar-refractivity contribution in [2.75, 3.05) is 0 Å². The van der Waals surface area contributed by atoms with Crippen LogP contribution in [0.4, 0.5) is 0 Å². The van der Waals surface area contributed by atoms with E-state index in [-0.39, 0.29) is 6.04 Å². The maximum atomic E-state index is 5.73. The Morgan fingerprint density at radius 1 is 1.33 bits per heavy atom. The van der Waals surface area contributed by atoms with Crippen LogP contribution in [-0.4, -0.2) is 6.04 Å². The Kier molecular flexibility index (Phi) is 3.32. The molecule has 2 N–H and O–H groups in total. The molecule has 0 spiro atoms. The molecular weight excluding hydrogens is 170 g/mol. The molecule has 64 valence electrons. The Balaban J connectivity index is 2.71. The molecule has 0 radical (unpaired) electrons. The van der Waals surface area contributed by atoms with Gasteiger partial charge >= 0.3 is 0 Å². The third-order valence-corrected chi connectivity index (χ3v) is 1.71. The van der Waals surface area contributed by atoms with E-state index >= 15 is 0 Å². The van der Waals surface area contributed by atoms with E-state index in [2.05, 4.69) is 0 Å². The van der Waals surface area contributed by atoms with Crippen molar-refractivity contribution in [3.8, 4) is 0 Å². The third kappa shape index (κ3) is 3.07. The zero-order chi connectivity index (χ0) is 8.97. The third-order valence-electron chi connectivity index (χ3n) is 1.46. The molecule has 0 aromatic heterocycles. The average molecular weight is 182 g/mol. The van der Waals surface area contributed by atoms with E-state index in [1.54, 1.807) is 0 Å². The molecule has 0 saturated carbocycles. The first kappa shape index (κ1) is 9.30. The molecule has 0 aliphatic rings. The van der Waals surface area contributed by atoms with Gasteiger partial charge in [0.25, 0.3) is 0 Å². The molecule has 0 amide bonds. The van der Waals surface area contributed by atoms with Gasteiger partial charge in [-0.3, -0.25) is 0 Å². The van der Waals surface area contributed by atoms with E-state index in [0.717, 1.165) is 10.6 Å². The van der Waals surface area contributed by atoms with Gasteiger partial charge < -0.3 is 5.73 Å². The molecule has 2 heteroatoms. The van der Waals surface area contributed by atoms with Crippen LogP contribution in [0.15, 0.2) is 30.3 Å². The van der Waals surface area contributed by atoms with Crippen LogP contribution in [0.25, 0.3) is 6.08 Å². The molecule has 1 aromatic carbocycles. The highest BCUT2D eigenvalue weighted by Crippen LogP contribution is 2.10. The first-order valence-corrected chi connectivity index (χ1v) is 4.25. The second-order valence-electron chi connectivity index (χ2n) is 2.77. The van der Waals surface area contributed by atoms with Crippen molar-refractivity contribution < 1.29 is 0 Å². The van der Waals surface area contributed by atoms with Crippen LogP contribution in [0, 0.1) is 0 Å². The lowest BCUT2D eigenvalue weighted by atomic mass is 10.2. The highest BCUT2D eigenvalue weighted by Gasteiger charge is 1.88. The fraction of sp³-hybridized carbons (Fsp3) is 0.200. The topological polar surface area (TPSA) is 26.0 Å². The largest absolute Gasteiger partial charge is 0.325 e. The van der Waals surface area contributed by atoms with Gasteiger partial charge in [-0.2, -0.15) is 0 Å². The Bertz CT molecular complexity index is 262. The van der Waals surface area contributed by atoms with E-state index in [9.17, 15) is 0 Å². The minimum Gasteiger partial charge on any atom is -0.325 e. The summed E-state index contributed by atoms with van der Waals surface area (Å²) in [5.74, 6) is 0. The monoisotopic (exact) mass is 181 g/mol. The molecule has 0 bridgehead atoms. The lowest BCUT2D eigenvalue weighted by molar-refractivity contribution is 0.931. The summed E-state index contributed by atoms with van der Waals surface area (Å²) in [5, 5.41) is 0.757. The predicted molar refractivity (Wildman–Crippen MR) is 54.1 cm³/mol. The summed E-state index contributed by atoms with van der Waals surface area (Å²) in [6, 6.07) is 7.74. The zero-order valence-electron chi connectivity index (χ0n) is 7.00. The van der Waals surface area contributed by atoms with Crippen LogP contribution in [0.3, 0.4) is 0 Å². The number of rotatable bonds is 2. The number of halogens is 1. The summed E-state index contributed by atoms with van der Waals surface area (Å²) >= 11 is 5.73. The smallest absolute Gasteiger partial charge is 0.0406 e. The van der Waals surface area contributed by atoms with Crippen molar-refractivity contribution >= 4 is 17.7 Å². The SMILES string of the molecule is CC(N)C=Cc1ccc(Cl)cc1. The molecule has 0 saturated heterocycles. The second kappa shape index (κ2) is 4.29. The second-order valence-corrected chi connectivity index (χ2v) is 3.21. The van der Waals surface area contributed by atoms with Gasteiger partial charge in [0.2, 0.25) is 0 Å². The van der Waals surface area contributed by atoms with Crippen molar-refractivity contribution in [1.29, 1.82) is 0 Å². The standard InChI is InChI=1S/C10H12ClN/c1-8(12)2-3-9-4-6-10(11)7-5-9/h2-8H,12H2,1H3. The first-order valence-electron chi connectivity index (χ1n) is 3.88. The van der Waals surface area contributed by atoms with Gasteiger partial charge in [0.05, 0.1) is 0 Å². The minimum atomic E-state index is 0.0979. The molecule has 0 aliphatic heterocycles. The van der Waals surface area contributed by atoms with Crippen LogP contribution >= 0.6 is 11.6 Å². The van der Waals surface area contributed by atoms with E-state index in [0.29, 0.717) is 0 Å². The van der Waals surface area contributed by atoms with Crippen molar-refractivity contribution in [3.63, 3.8) is 0 Å². The Morgan fingerprint density at radius 2 is 1.92 bits per heavy atom. The molecule has 1 aromatic rings. The molecule has 1 rings (SSSR count). The molecule has 1 unspecified atom stereocenters. The van der Waals surface area contributed by atoms with Gasteiger partial charge in [-0.05, 0) is 24.6 Å². The van der Waals surface area contributed by atoms with Gasteiger partial charge in [0.15, 0.2) is 0 Å². The number of nitrogens with two attached hydrogens (primary N) is 1. The lowest BCUT2D eigenvalue weighted by Crippen LogP contribution is -2.09. The van der Waals surface area contributed by atoms with E-state index in [1.807, 2.05) is 43.3 Å². The number of hydrogen-bond donors (Lipinski definition) is 1. The predicted octanol–water partition coefficient (Wildman–Crippen LogP) is 2.70. The molecule has 0 fully saturated rings. The highest BCUT2D eigenvalue weighted by atomic mass is 35.5. The number of hydrogen-bond acceptors (Lipinski definition) is 1. The van der Waals surface area contributed by atoms with Crippen molar-refractivity contribution in [2.24, 2.45) is 5.73 Å². The van der Waals surface area contributed by atoms with Gasteiger partial charge in [-0.1, -0.05) is 35.9 Å². The summed E-state index contributed by atoms with van der Waals surface area (Å²) in [5.41, 5.74) is 6.68. The van der Waals surface area contributed by atoms with E-state index in [4.69, 9.17) is 17.3 Å². The van der Waals surface area contributed by atoms with Gasteiger partial charge in [0, 0.05) is 11.1 Å². The molecule has 1 nitrogen and oxygen atoms in total. The van der Waals surface area contributed by atoms with E-state index in [1.165, 1.54) is 0 Å². The van der Waals surface area contributed by atoms with Gasteiger partial charge in [0.1, 0.15) is 0 Å². The van der Waals surface area contributed by atoms with Gasteiger partial charge in [-0.15, -0.1) is 0 Å². The van der Waals surface area contributed by atoms with Crippen LogP contribution in [0.5, 0.6) is 0 Å². The summed E-state index contributed by atoms with van der Waals surface area (Å²) in [4.78, 5) is 0. The van der Waals surface area contributed by atoms with Crippen molar-refractivity contribution in [2.45, 2.75) is 13.0 Å². The molecular formula is C10H12ClN. The zero-order valence-corrected chi connectivity index (χ0v) is 7.75. The average Bonchev–Trinajstić information content (AvgIpc) is 2.03. The summed E-state index contributed by atoms with van der Waals surface area (Å²) < 4.78 is 0. The van der Waals surface area contributed by atoms with Crippen LogP contribution in [0.1, 0.15) is 12.5 Å². The molecule has 0 heterocycles. The van der Waals surface area contributed by atoms with Crippen LogP contribution in [0.2, 0.25) is 5.02 Å². The van der Waals surface area contributed by atoms with Crippen LogP contribution < -0.4 is 5.73 Å². The summed E-state index contributed by atoms with van der Waals surface area (Å²) in [7, 11) is 0. The maximum Gasteiger partial charge on any atom is 0.0406 e. The molecule has 12 heavy (non-hydrogen) atoms. The quantitative estimate of drug-likeness (QED) is 0.746. The lowest BCUT2D eigenvalue weighted by Gasteiger charge is -1.95. The molecule has 0 aliphatic carbocycles. The maximum absolute atomic E-state index is 5.73. The number of benzene rings is 1. The Morgan fingerprint density at radius 3 is 2.42 bits per heavy atom. The Hall–Kier alpha value is -0.790. The summed E-state index contributed by atoms with van der Waals surface area (Å²) in [6.45, 7) is 1.94. The van der Waals surface area contributed by atoms with Crippen molar-refractivity contribution in [3.05, 3.63) is 40.9 Å².